The molecule has 172 valence electrons. The van der Waals surface area contributed by atoms with E-state index >= 15 is 0 Å². The van der Waals surface area contributed by atoms with Crippen molar-refractivity contribution in [1.29, 1.82) is 5.26 Å². The predicted molar refractivity (Wildman–Crippen MR) is 136 cm³/mol. The lowest BCUT2D eigenvalue weighted by molar-refractivity contribution is -0.122. The number of nitriles is 1. The monoisotopic (exact) mass is 472 g/mol. The Bertz CT molecular complexity index is 1060. The second-order valence-electron chi connectivity index (χ2n) is 9.44. The van der Waals surface area contributed by atoms with Crippen molar-refractivity contribution in [3.63, 3.8) is 0 Å². The van der Waals surface area contributed by atoms with Crippen molar-refractivity contribution in [3.8, 4) is 6.07 Å². The van der Waals surface area contributed by atoms with Gasteiger partial charge in [-0.15, -0.1) is 0 Å². The fourth-order valence-corrected chi connectivity index (χ4v) is 6.02. The van der Waals surface area contributed by atoms with Gasteiger partial charge in [0.2, 0.25) is 0 Å². The standard InChI is InChI=1S/C24H32N4O2S2/c1-7-27-21(26-12-15(4)8-16(5)13-26)18(17(6)19(10-25)22(27)29)9-20-23(30)28(11-14(2)3)24(31)32-20/h9,14-16H,7-8,11-13H2,1-6H3/b20-9+. The number of carbonyl (C=O) groups excluding carboxylic acids is 1. The van der Waals surface area contributed by atoms with Crippen LogP contribution in [-0.4, -0.2) is 39.3 Å². The van der Waals surface area contributed by atoms with Crippen LogP contribution in [0.25, 0.3) is 6.08 Å². The second kappa shape index (κ2) is 9.80. The highest BCUT2D eigenvalue weighted by molar-refractivity contribution is 8.26. The molecule has 2 atom stereocenters. The maximum atomic E-state index is 13.1. The summed E-state index contributed by atoms with van der Waals surface area (Å²) >= 11 is 6.77. The Morgan fingerprint density at radius 3 is 2.41 bits per heavy atom. The molecule has 8 heteroatoms. The Labute approximate surface area is 200 Å². The summed E-state index contributed by atoms with van der Waals surface area (Å²) in [5, 5.41) is 9.73. The number of thiocarbonyl (C=S) groups is 1. The van der Waals surface area contributed by atoms with E-state index < -0.39 is 0 Å². The van der Waals surface area contributed by atoms with Crippen LogP contribution in [-0.2, 0) is 11.3 Å². The topological polar surface area (TPSA) is 69.3 Å². The lowest BCUT2D eigenvalue weighted by atomic mass is 9.91. The van der Waals surface area contributed by atoms with Gasteiger partial charge in [-0.2, -0.15) is 5.26 Å². The normalized spacial score (nSPS) is 22.9. The maximum Gasteiger partial charge on any atom is 0.270 e. The summed E-state index contributed by atoms with van der Waals surface area (Å²) in [5.74, 6) is 1.99. The van der Waals surface area contributed by atoms with Crippen molar-refractivity contribution in [2.75, 3.05) is 24.5 Å². The van der Waals surface area contributed by atoms with E-state index in [1.54, 1.807) is 16.4 Å². The minimum atomic E-state index is -0.266. The van der Waals surface area contributed by atoms with Crippen LogP contribution in [0.2, 0.25) is 0 Å². The lowest BCUT2D eigenvalue weighted by Gasteiger charge is -2.38. The summed E-state index contributed by atoms with van der Waals surface area (Å²) in [5.41, 5.74) is 1.27. The fourth-order valence-electron chi connectivity index (χ4n) is 4.77. The van der Waals surface area contributed by atoms with Crippen LogP contribution in [0.15, 0.2) is 9.70 Å². The summed E-state index contributed by atoms with van der Waals surface area (Å²) in [6.07, 6.45) is 2.99. The smallest absolute Gasteiger partial charge is 0.270 e. The van der Waals surface area contributed by atoms with E-state index in [1.165, 1.54) is 11.8 Å². The number of amides is 1. The highest BCUT2D eigenvalue weighted by Gasteiger charge is 2.34. The first-order chi connectivity index (χ1) is 15.1. The van der Waals surface area contributed by atoms with Crippen LogP contribution < -0.4 is 10.5 Å². The molecule has 3 heterocycles. The zero-order chi connectivity index (χ0) is 23.7. The van der Waals surface area contributed by atoms with Gasteiger partial charge in [0.15, 0.2) is 0 Å². The van der Waals surface area contributed by atoms with E-state index in [4.69, 9.17) is 12.2 Å². The number of pyridine rings is 1. The lowest BCUT2D eigenvalue weighted by Crippen LogP contribution is -2.42. The predicted octanol–water partition coefficient (Wildman–Crippen LogP) is 4.39. The number of aromatic nitrogens is 1. The molecule has 2 aliphatic rings. The van der Waals surface area contributed by atoms with Crippen LogP contribution >= 0.6 is 24.0 Å². The maximum absolute atomic E-state index is 13.1. The highest BCUT2D eigenvalue weighted by atomic mass is 32.2. The van der Waals surface area contributed by atoms with Crippen LogP contribution in [0.4, 0.5) is 5.82 Å². The molecule has 0 spiro atoms. The van der Waals surface area contributed by atoms with Gasteiger partial charge in [0.1, 0.15) is 21.8 Å². The Morgan fingerprint density at radius 1 is 1.25 bits per heavy atom. The number of rotatable bonds is 5. The molecule has 6 nitrogen and oxygen atoms in total. The third-order valence-electron chi connectivity index (χ3n) is 6.03. The third kappa shape index (κ3) is 4.65. The van der Waals surface area contributed by atoms with Gasteiger partial charge in [-0.25, -0.2) is 0 Å². The summed E-state index contributed by atoms with van der Waals surface area (Å²) < 4.78 is 2.25. The van der Waals surface area contributed by atoms with Crippen molar-refractivity contribution >= 4 is 46.1 Å². The molecule has 0 bridgehead atoms. The minimum Gasteiger partial charge on any atom is -0.357 e. The van der Waals surface area contributed by atoms with Gasteiger partial charge in [0.25, 0.3) is 11.5 Å². The molecule has 1 amide bonds. The van der Waals surface area contributed by atoms with E-state index in [1.807, 2.05) is 13.0 Å². The number of thioether (sulfide) groups is 1. The molecule has 32 heavy (non-hydrogen) atoms. The average molecular weight is 473 g/mol. The van der Waals surface area contributed by atoms with Gasteiger partial charge in [0, 0.05) is 31.7 Å². The molecule has 0 aliphatic carbocycles. The third-order valence-corrected chi connectivity index (χ3v) is 7.41. The van der Waals surface area contributed by atoms with Gasteiger partial charge < -0.3 is 4.90 Å². The molecule has 2 aliphatic heterocycles. The van der Waals surface area contributed by atoms with Gasteiger partial charge in [-0.1, -0.05) is 51.7 Å². The molecule has 0 N–H and O–H groups in total. The van der Waals surface area contributed by atoms with Crippen molar-refractivity contribution in [3.05, 3.63) is 31.9 Å². The number of carbonyl (C=O) groups is 1. The molecular formula is C24H32N4O2S2. The second-order valence-corrected chi connectivity index (χ2v) is 11.1. The van der Waals surface area contributed by atoms with E-state index in [2.05, 4.69) is 38.7 Å². The summed E-state index contributed by atoms with van der Waals surface area (Å²) in [6, 6.07) is 2.10. The molecule has 0 saturated carbocycles. The number of piperidine rings is 1. The van der Waals surface area contributed by atoms with Crippen LogP contribution in [0, 0.1) is 36.0 Å². The molecule has 1 aromatic heterocycles. The molecule has 2 fully saturated rings. The summed E-state index contributed by atoms with van der Waals surface area (Å²) in [4.78, 5) is 30.7. The first kappa shape index (κ1) is 24.5. The summed E-state index contributed by atoms with van der Waals surface area (Å²) in [6.45, 7) is 15.0. The quantitative estimate of drug-likeness (QED) is 0.468. The molecule has 0 aromatic carbocycles. The summed E-state index contributed by atoms with van der Waals surface area (Å²) in [7, 11) is 0. The van der Waals surface area contributed by atoms with Gasteiger partial charge in [-0.05, 0) is 49.7 Å². The van der Waals surface area contributed by atoms with Crippen molar-refractivity contribution in [1.82, 2.24) is 9.47 Å². The number of hydrogen-bond donors (Lipinski definition) is 0. The zero-order valence-electron chi connectivity index (χ0n) is 19.8. The fraction of sp³-hybridized carbons (Fsp3) is 0.583. The Morgan fingerprint density at radius 2 is 1.88 bits per heavy atom. The average Bonchev–Trinajstić information content (AvgIpc) is 2.96. The van der Waals surface area contributed by atoms with Crippen LogP contribution in [0.3, 0.4) is 0 Å². The number of anilines is 1. The number of hydrogen-bond acceptors (Lipinski definition) is 6. The molecule has 3 rings (SSSR count). The van der Waals surface area contributed by atoms with Crippen molar-refractivity contribution in [2.45, 2.75) is 54.5 Å². The van der Waals surface area contributed by atoms with Gasteiger partial charge in [0.05, 0.1) is 4.91 Å². The van der Waals surface area contributed by atoms with Crippen molar-refractivity contribution < 1.29 is 4.79 Å². The SMILES string of the molecule is CCn1c(N2CC(C)CC(C)C2)c(/C=C2/SC(=S)N(CC(C)C)C2=O)c(C)c(C#N)c1=O. The molecule has 1 aromatic rings. The number of nitrogens with zero attached hydrogens (tertiary/aromatic N) is 4. The molecular weight excluding hydrogens is 440 g/mol. The first-order valence-corrected chi connectivity index (χ1v) is 12.5. The van der Waals surface area contributed by atoms with E-state index in [0.29, 0.717) is 45.6 Å². The van der Waals surface area contributed by atoms with Gasteiger partial charge in [-0.3, -0.25) is 19.1 Å². The Kier molecular flexibility index (Phi) is 7.51. The molecule has 2 unspecified atom stereocenters. The Balaban J connectivity index is 2.22. The van der Waals surface area contributed by atoms with Gasteiger partial charge >= 0.3 is 0 Å². The minimum absolute atomic E-state index is 0.104. The molecule has 2 saturated heterocycles. The van der Waals surface area contributed by atoms with Crippen LogP contribution in [0.1, 0.15) is 57.7 Å². The van der Waals surface area contributed by atoms with Crippen molar-refractivity contribution in [2.24, 2.45) is 17.8 Å². The van der Waals surface area contributed by atoms with Crippen LogP contribution in [0.5, 0.6) is 0 Å². The molecule has 0 radical (unpaired) electrons. The highest BCUT2D eigenvalue weighted by Crippen LogP contribution is 2.37. The van der Waals surface area contributed by atoms with E-state index in [-0.39, 0.29) is 17.0 Å². The van der Waals surface area contributed by atoms with E-state index in [0.717, 1.165) is 30.9 Å². The Hall–Kier alpha value is -2.11. The largest absolute Gasteiger partial charge is 0.357 e. The zero-order valence-corrected chi connectivity index (χ0v) is 21.4. The first-order valence-electron chi connectivity index (χ1n) is 11.3. The van der Waals surface area contributed by atoms with E-state index in [9.17, 15) is 14.9 Å².